The van der Waals surface area contributed by atoms with Crippen molar-refractivity contribution in [1.29, 1.82) is 0 Å². The molecule has 132 valence electrons. The van der Waals surface area contributed by atoms with E-state index >= 15 is 0 Å². The highest BCUT2D eigenvalue weighted by atomic mass is 35.5. The molecule has 1 aliphatic rings. The van der Waals surface area contributed by atoms with Crippen molar-refractivity contribution in [2.75, 3.05) is 39.3 Å². The Morgan fingerprint density at radius 1 is 1.25 bits per heavy atom. The molecule has 2 amide bonds. The van der Waals surface area contributed by atoms with E-state index in [-0.39, 0.29) is 18.0 Å². The zero-order valence-electron chi connectivity index (χ0n) is 14.1. The average molecular weight is 354 g/mol. The highest BCUT2D eigenvalue weighted by Crippen LogP contribution is 2.22. The summed E-state index contributed by atoms with van der Waals surface area (Å²) in [6, 6.07) is 7.34. The number of rotatable bonds is 5. The van der Waals surface area contributed by atoms with E-state index in [4.69, 9.17) is 16.3 Å². The Morgan fingerprint density at radius 3 is 2.54 bits per heavy atom. The fraction of sp³-hybridized carbons (Fsp3) is 0.529. The summed E-state index contributed by atoms with van der Waals surface area (Å²) in [4.78, 5) is 27.6. The number of hydrogen-bond donors (Lipinski definition) is 1. The van der Waals surface area contributed by atoms with Crippen molar-refractivity contribution in [1.82, 2.24) is 15.1 Å². The molecule has 1 aromatic rings. The topological polar surface area (TPSA) is 61.9 Å². The highest BCUT2D eigenvalue weighted by Gasteiger charge is 2.23. The molecule has 6 nitrogen and oxygen atoms in total. The van der Waals surface area contributed by atoms with E-state index in [0.717, 1.165) is 5.56 Å². The van der Waals surface area contributed by atoms with Crippen molar-refractivity contribution < 1.29 is 14.3 Å². The van der Waals surface area contributed by atoms with Gasteiger partial charge in [-0.05, 0) is 25.5 Å². The van der Waals surface area contributed by atoms with Crippen molar-refractivity contribution in [2.45, 2.75) is 19.9 Å². The van der Waals surface area contributed by atoms with Crippen molar-refractivity contribution >= 4 is 23.6 Å². The molecule has 1 atom stereocenters. The predicted octanol–water partition coefficient (Wildman–Crippen LogP) is 2.29. The number of nitrogens with one attached hydrogen (secondary N) is 1. The maximum Gasteiger partial charge on any atom is 0.409 e. The van der Waals surface area contributed by atoms with E-state index in [1.807, 2.05) is 36.1 Å². The minimum Gasteiger partial charge on any atom is -0.450 e. The van der Waals surface area contributed by atoms with Crippen molar-refractivity contribution in [3.05, 3.63) is 34.9 Å². The molecule has 0 saturated carbocycles. The second-order valence-electron chi connectivity index (χ2n) is 5.77. The minimum atomic E-state index is -0.283. The van der Waals surface area contributed by atoms with Crippen LogP contribution in [-0.2, 0) is 9.53 Å². The highest BCUT2D eigenvalue weighted by molar-refractivity contribution is 6.31. The Hall–Kier alpha value is -1.79. The molecule has 1 aromatic carbocycles. The first kappa shape index (κ1) is 18.5. The maximum atomic E-state index is 12.2. The van der Waals surface area contributed by atoms with E-state index in [9.17, 15) is 9.59 Å². The molecule has 1 saturated heterocycles. The Bertz CT molecular complexity index is 574. The normalized spacial score (nSPS) is 16.5. The fourth-order valence-electron chi connectivity index (χ4n) is 2.70. The van der Waals surface area contributed by atoms with E-state index in [1.165, 1.54) is 0 Å². The molecule has 1 heterocycles. The summed E-state index contributed by atoms with van der Waals surface area (Å²) in [7, 11) is 0. The molecule has 1 aliphatic heterocycles. The Kier molecular flexibility index (Phi) is 6.87. The number of carbonyl (C=O) groups is 2. The van der Waals surface area contributed by atoms with Gasteiger partial charge in [-0.2, -0.15) is 0 Å². The first-order valence-electron chi connectivity index (χ1n) is 8.19. The van der Waals surface area contributed by atoms with Crippen LogP contribution >= 0.6 is 11.6 Å². The summed E-state index contributed by atoms with van der Waals surface area (Å²) < 4.78 is 4.99. The molecular weight excluding hydrogens is 330 g/mol. The third-order valence-electron chi connectivity index (χ3n) is 4.01. The molecule has 2 rings (SSSR count). The smallest absolute Gasteiger partial charge is 0.409 e. The Balaban J connectivity index is 1.77. The predicted molar refractivity (Wildman–Crippen MR) is 93.0 cm³/mol. The van der Waals surface area contributed by atoms with Gasteiger partial charge >= 0.3 is 6.09 Å². The lowest BCUT2D eigenvalue weighted by Gasteiger charge is -2.33. The standard InChI is InChI=1S/C17H24ClN3O3/c1-3-24-17(23)21-10-8-20(9-11-21)12-16(22)19-13(2)14-6-4-5-7-15(14)18/h4-7,13H,3,8-12H2,1-2H3,(H,19,22). The molecule has 0 aromatic heterocycles. The zero-order valence-corrected chi connectivity index (χ0v) is 14.9. The Labute approximate surface area is 147 Å². The number of piperazine rings is 1. The minimum absolute atomic E-state index is 0.0491. The SMILES string of the molecule is CCOC(=O)N1CCN(CC(=O)NC(C)c2ccccc2Cl)CC1. The second kappa shape index (κ2) is 8.89. The van der Waals surface area contributed by atoms with Crippen LogP contribution in [0.2, 0.25) is 5.02 Å². The molecule has 0 aliphatic carbocycles. The lowest BCUT2D eigenvalue weighted by molar-refractivity contribution is -0.123. The van der Waals surface area contributed by atoms with Gasteiger partial charge in [-0.15, -0.1) is 0 Å². The first-order chi connectivity index (χ1) is 11.5. The molecule has 1 unspecified atom stereocenters. The summed E-state index contributed by atoms with van der Waals surface area (Å²) in [6.45, 7) is 6.86. The van der Waals surface area contributed by atoms with E-state index in [1.54, 1.807) is 11.8 Å². The third-order valence-corrected chi connectivity index (χ3v) is 4.36. The van der Waals surface area contributed by atoms with Gasteiger partial charge in [-0.1, -0.05) is 29.8 Å². The van der Waals surface area contributed by atoms with Gasteiger partial charge in [-0.3, -0.25) is 9.69 Å². The van der Waals surface area contributed by atoms with Gasteiger partial charge in [0.2, 0.25) is 5.91 Å². The fourth-order valence-corrected chi connectivity index (χ4v) is 3.00. The number of nitrogens with zero attached hydrogens (tertiary/aromatic N) is 2. The van der Waals surface area contributed by atoms with Crippen LogP contribution in [0.15, 0.2) is 24.3 Å². The zero-order chi connectivity index (χ0) is 17.5. The van der Waals surface area contributed by atoms with Crippen LogP contribution in [-0.4, -0.2) is 61.1 Å². The number of amides is 2. The number of hydrogen-bond acceptors (Lipinski definition) is 4. The summed E-state index contributed by atoms with van der Waals surface area (Å²) >= 11 is 6.15. The number of halogens is 1. The summed E-state index contributed by atoms with van der Waals surface area (Å²) in [6.07, 6.45) is -0.283. The van der Waals surface area contributed by atoms with Gasteiger partial charge in [-0.25, -0.2) is 4.79 Å². The quantitative estimate of drug-likeness (QED) is 0.882. The molecule has 0 spiro atoms. The summed E-state index contributed by atoms with van der Waals surface area (Å²) in [5, 5.41) is 3.61. The van der Waals surface area contributed by atoms with Crippen LogP contribution in [0.5, 0.6) is 0 Å². The summed E-state index contributed by atoms with van der Waals surface area (Å²) in [5.74, 6) is -0.0491. The van der Waals surface area contributed by atoms with Gasteiger partial charge in [0.25, 0.3) is 0 Å². The summed E-state index contributed by atoms with van der Waals surface area (Å²) in [5.41, 5.74) is 0.902. The molecule has 24 heavy (non-hydrogen) atoms. The van der Waals surface area contributed by atoms with Crippen LogP contribution < -0.4 is 5.32 Å². The monoisotopic (exact) mass is 353 g/mol. The number of benzene rings is 1. The molecule has 0 radical (unpaired) electrons. The van der Waals surface area contributed by atoms with Gasteiger partial charge in [0, 0.05) is 31.2 Å². The van der Waals surface area contributed by atoms with E-state index in [2.05, 4.69) is 5.32 Å². The van der Waals surface area contributed by atoms with Gasteiger partial charge in [0.15, 0.2) is 0 Å². The molecule has 1 fully saturated rings. The van der Waals surface area contributed by atoms with Crippen molar-refractivity contribution in [2.24, 2.45) is 0 Å². The van der Waals surface area contributed by atoms with E-state index < -0.39 is 0 Å². The number of ether oxygens (including phenoxy) is 1. The maximum absolute atomic E-state index is 12.2. The average Bonchev–Trinajstić information content (AvgIpc) is 2.56. The van der Waals surface area contributed by atoms with Crippen LogP contribution in [0.1, 0.15) is 25.5 Å². The molecule has 7 heteroatoms. The largest absolute Gasteiger partial charge is 0.450 e. The van der Waals surface area contributed by atoms with E-state index in [0.29, 0.717) is 44.4 Å². The molecular formula is C17H24ClN3O3. The Morgan fingerprint density at radius 2 is 1.92 bits per heavy atom. The van der Waals surface area contributed by atoms with Crippen LogP contribution in [0.4, 0.5) is 4.79 Å². The van der Waals surface area contributed by atoms with Crippen molar-refractivity contribution in [3.8, 4) is 0 Å². The molecule has 1 N–H and O–H groups in total. The van der Waals surface area contributed by atoms with Crippen LogP contribution in [0.25, 0.3) is 0 Å². The lowest BCUT2D eigenvalue weighted by atomic mass is 10.1. The van der Waals surface area contributed by atoms with Gasteiger partial charge in [0.05, 0.1) is 19.2 Å². The third kappa shape index (κ3) is 5.11. The van der Waals surface area contributed by atoms with Gasteiger partial charge in [0.1, 0.15) is 0 Å². The van der Waals surface area contributed by atoms with Crippen molar-refractivity contribution in [3.63, 3.8) is 0 Å². The van der Waals surface area contributed by atoms with Gasteiger partial charge < -0.3 is 15.0 Å². The second-order valence-corrected chi connectivity index (χ2v) is 6.18. The van der Waals surface area contributed by atoms with Crippen LogP contribution in [0.3, 0.4) is 0 Å². The lowest BCUT2D eigenvalue weighted by Crippen LogP contribution is -2.51. The van der Waals surface area contributed by atoms with Crippen LogP contribution in [0, 0.1) is 0 Å². The first-order valence-corrected chi connectivity index (χ1v) is 8.57. The number of carbonyl (C=O) groups excluding carboxylic acids is 2. The molecule has 0 bridgehead atoms.